The van der Waals surface area contributed by atoms with Crippen LogP contribution in [0.3, 0.4) is 0 Å². The van der Waals surface area contributed by atoms with Crippen molar-refractivity contribution in [1.82, 2.24) is 25.0 Å². The summed E-state index contributed by atoms with van der Waals surface area (Å²) < 4.78 is 15.5. The van der Waals surface area contributed by atoms with Crippen molar-refractivity contribution in [3.63, 3.8) is 0 Å². The molecule has 0 bridgehead atoms. The fourth-order valence-corrected chi connectivity index (χ4v) is 4.64. The largest absolute Gasteiger partial charge is 0.373 e. The summed E-state index contributed by atoms with van der Waals surface area (Å²) in [6, 6.07) is 11.8. The normalized spacial score (nSPS) is 11.9. The predicted molar refractivity (Wildman–Crippen MR) is 151 cm³/mol. The Bertz CT molecular complexity index is 1730. The zero-order chi connectivity index (χ0) is 27.7. The molecule has 11 heteroatoms. The zero-order valence-electron chi connectivity index (χ0n) is 21.2. The van der Waals surface area contributed by atoms with E-state index in [4.69, 9.17) is 23.2 Å². The van der Waals surface area contributed by atoms with E-state index in [1.54, 1.807) is 23.1 Å². The molecule has 196 valence electrons. The number of pyridine rings is 2. The number of halogens is 3. The second kappa shape index (κ2) is 10.8. The fourth-order valence-electron chi connectivity index (χ4n) is 4.19. The summed E-state index contributed by atoms with van der Waals surface area (Å²) in [4.78, 5) is 8.78. The molecular formula is C28H23Cl2FN8. The molecule has 3 aromatic heterocycles. The summed E-state index contributed by atoms with van der Waals surface area (Å²) in [5.41, 5.74) is 5.02. The molecule has 5 aromatic rings. The molecule has 5 rings (SSSR count). The maximum absolute atomic E-state index is 13.8. The molecule has 0 saturated carbocycles. The van der Waals surface area contributed by atoms with E-state index in [9.17, 15) is 9.65 Å². The summed E-state index contributed by atoms with van der Waals surface area (Å²) in [6.07, 6.45) is 6.91. The van der Waals surface area contributed by atoms with Gasteiger partial charge in [-0.25, -0.2) is 9.07 Å². The molecule has 0 aliphatic heterocycles. The highest BCUT2D eigenvalue weighted by atomic mass is 35.5. The average Bonchev–Trinajstić information content (AvgIpc) is 3.40. The molecule has 8 nitrogen and oxygen atoms in total. The van der Waals surface area contributed by atoms with E-state index in [2.05, 4.69) is 37.0 Å². The number of benzene rings is 2. The van der Waals surface area contributed by atoms with E-state index in [0.717, 1.165) is 11.1 Å². The van der Waals surface area contributed by atoms with Crippen LogP contribution in [0, 0.1) is 24.1 Å². The maximum atomic E-state index is 13.8. The Kier molecular flexibility index (Phi) is 7.33. The smallest absolute Gasteiger partial charge is 0.141 e. The van der Waals surface area contributed by atoms with E-state index < -0.39 is 11.9 Å². The number of aromatic nitrogens is 5. The Labute approximate surface area is 234 Å². The zero-order valence-corrected chi connectivity index (χ0v) is 22.8. The molecule has 39 heavy (non-hydrogen) atoms. The predicted octanol–water partition coefficient (Wildman–Crippen LogP) is 7.37. The van der Waals surface area contributed by atoms with E-state index in [0.29, 0.717) is 38.7 Å². The molecule has 2 aromatic carbocycles. The summed E-state index contributed by atoms with van der Waals surface area (Å²) in [5, 5.41) is 26.2. The van der Waals surface area contributed by atoms with Crippen LogP contribution in [0.25, 0.3) is 10.9 Å². The van der Waals surface area contributed by atoms with Gasteiger partial charge in [-0.15, -0.1) is 5.10 Å². The minimum atomic E-state index is -0.539. The SMILES string of the molecule is Cc1cncc([C@H](Nc2cc(Cl)c3ncc(C#N)c(Nc4ccc(F)c(Cl)c4)c3c2)c2cn(C(C)C)nn2)c1. The molecule has 0 amide bonds. The van der Waals surface area contributed by atoms with Gasteiger partial charge in [0, 0.05) is 41.4 Å². The Balaban J connectivity index is 1.62. The number of rotatable bonds is 7. The molecule has 1 atom stereocenters. The van der Waals surface area contributed by atoms with Crippen molar-refractivity contribution in [2.24, 2.45) is 0 Å². The van der Waals surface area contributed by atoms with Crippen molar-refractivity contribution in [2.75, 3.05) is 10.6 Å². The number of nitrogens with zero attached hydrogens (tertiary/aromatic N) is 6. The molecule has 0 spiro atoms. The first kappa shape index (κ1) is 26.4. The van der Waals surface area contributed by atoms with Gasteiger partial charge in [-0.1, -0.05) is 34.5 Å². The van der Waals surface area contributed by atoms with Gasteiger partial charge < -0.3 is 10.6 Å². The number of nitrogens with one attached hydrogen (secondary N) is 2. The summed E-state index contributed by atoms with van der Waals surface area (Å²) >= 11 is 12.7. The lowest BCUT2D eigenvalue weighted by atomic mass is 10.0. The number of nitriles is 1. The quantitative estimate of drug-likeness (QED) is 0.214. The Hall–Kier alpha value is -4.26. The van der Waals surface area contributed by atoms with Crippen LogP contribution in [0.15, 0.2) is 61.2 Å². The van der Waals surface area contributed by atoms with Crippen molar-refractivity contribution < 1.29 is 4.39 Å². The minimum absolute atomic E-state index is 0.0405. The molecule has 0 unspecified atom stereocenters. The molecule has 3 heterocycles. The highest BCUT2D eigenvalue weighted by molar-refractivity contribution is 6.36. The molecule has 0 aliphatic rings. The van der Waals surface area contributed by atoms with Crippen molar-refractivity contribution in [2.45, 2.75) is 32.9 Å². The number of aryl methyl sites for hydroxylation is 1. The van der Waals surface area contributed by atoms with Gasteiger partial charge in [0.2, 0.25) is 0 Å². The Morgan fingerprint density at radius 3 is 2.51 bits per heavy atom. The highest BCUT2D eigenvalue weighted by Gasteiger charge is 2.21. The van der Waals surface area contributed by atoms with Crippen molar-refractivity contribution >= 4 is 51.2 Å². The first-order chi connectivity index (χ1) is 18.7. The van der Waals surface area contributed by atoms with Gasteiger partial charge in [0.1, 0.15) is 17.6 Å². The first-order valence-corrected chi connectivity index (χ1v) is 12.8. The van der Waals surface area contributed by atoms with Crippen LogP contribution in [-0.4, -0.2) is 25.0 Å². The second-order valence-electron chi connectivity index (χ2n) is 9.36. The van der Waals surface area contributed by atoms with Crippen LogP contribution in [0.1, 0.15) is 48.3 Å². The van der Waals surface area contributed by atoms with Gasteiger partial charge in [-0.05, 0) is 62.2 Å². The third kappa shape index (κ3) is 5.48. The van der Waals surface area contributed by atoms with E-state index in [1.807, 2.05) is 39.1 Å². The monoisotopic (exact) mass is 560 g/mol. The third-order valence-electron chi connectivity index (χ3n) is 6.13. The minimum Gasteiger partial charge on any atom is -0.373 e. The molecular weight excluding hydrogens is 538 g/mol. The first-order valence-electron chi connectivity index (χ1n) is 12.1. The number of anilines is 3. The second-order valence-corrected chi connectivity index (χ2v) is 10.2. The number of hydrogen-bond donors (Lipinski definition) is 2. The van der Waals surface area contributed by atoms with Crippen LogP contribution in [0.5, 0.6) is 0 Å². The van der Waals surface area contributed by atoms with Gasteiger partial charge in [-0.3, -0.25) is 9.97 Å². The van der Waals surface area contributed by atoms with Crippen LogP contribution >= 0.6 is 23.2 Å². The lowest BCUT2D eigenvalue weighted by Crippen LogP contribution is -2.14. The lowest BCUT2D eigenvalue weighted by Gasteiger charge is -2.20. The summed E-state index contributed by atoms with van der Waals surface area (Å²) in [7, 11) is 0. The molecule has 2 N–H and O–H groups in total. The standard InChI is InChI=1S/C28H23Cl2FN8/c1-15(2)39-14-25(37-38-39)27(17-6-16(3)11-33-12-17)36-20-7-21-26(35-19-4-5-24(31)22(29)8-19)18(10-32)13-34-28(21)23(30)9-20/h4-9,11-15,27,36H,1-3H3,(H,34,35)/t27-/m0/s1. The van der Waals surface area contributed by atoms with Crippen molar-refractivity contribution in [1.29, 1.82) is 5.26 Å². The Morgan fingerprint density at radius 1 is 1.03 bits per heavy atom. The third-order valence-corrected chi connectivity index (χ3v) is 6.71. The van der Waals surface area contributed by atoms with E-state index in [1.165, 1.54) is 24.4 Å². The molecule has 0 aliphatic carbocycles. The number of hydrogen-bond acceptors (Lipinski definition) is 7. The van der Waals surface area contributed by atoms with Crippen molar-refractivity contribution in [3.05, 3.63) is 99.4 Å². The maximum Gasteiger partial charge on any atom is 0.141 e. The van der Waals surface area contributed by atoms with Crippen LogP contribution in [-0.2, 0) is 0 Å². The van der Waals surface area contributed by atoms with Gasteiger partial charge in [-0.2, -0.15) is 5.26 Å². The molecule has 0 fully saturated rings. The van der Waals surface area contributed by atoms with E-state index >= 15 is 0 Å². The van der Waals surface area contributed by atoms with Crippen molar-refractivity contribution in [3.8, 4) is 6.07 Å². The van der Waals surface area contributed by atoms with E-state index in [-0.39, 0.29) is 16.6 Å². The topological polar surface area (TPSA) is 104 Å². The Morgan fingerprint density at radius 2 is 1.82 bits per heavy atom. The van der Waals surface area contributed by atoms with Gasteiger partial charge in [0.25, 0.3) is 0 Å². The van der Waals surface area contributed by atoms with Crippen LogP contribution in [0.4, 0.5) is 21.5 Å². The molecule has 0 radical (unpaired) electrons. The average molecular weight is 561 g/mol. The fraction of sp³-hybridized carbons (Fsp3) is 0.179. The summed E-state index contributed by atoms with van der Waals surface area (Å²) in [5.74, 6) is -0.539. The lowest BCUT2D eigenvalue weighted by molar-refractivity contribution is 0.514. The number of fused-ring (bicyclic) bond motifs is 1. The highest BCUT2D eigenvalue weighted by Crippen LogP contribution is 2.37. The van der Waals surface area contributed by atoms with Gasteiger partial charge in [0.05, 0.1) is 39.1 Å². The molecule has 0 saturated heterocycles. The van der Waals surface area contributed by atoms with Crippen LogP contribution in [0.2, 0.25) is 10.0 Å². The summed E-state index contributed by atoms with van der Waals surface area (Å²) in [6.45, 7) is 6.03. The van der Waals surface area contributed by atoms with Gasteiger partial charge >= 0.3 is 0 Å². The van der Waals surface area contributed by atoms with Gasteiger partial charge in [0.15, 0.2) is 0 Å². The van der Waals surface area contributed by atoms with Crippen LogP contribution < -0.4 is 10.6 Å².